The maximum absolute atomic E-state index is 12.6. The summed E-state index contributed by atoms with van der Waals surface area (Å²) in [6.45, 7) is 5.02. The molecule has 0 fully saturated rings. The zero-order valence-corrected chi connectivity index (χ0v) is 59.5. The van der Waals surface area contributed by atoms with Crippen molar-refractivity contribution < 1.29 is 24.5 Å². The van der Waals surface area contributed by atoms with Gasteiger partial charge < -0.3 is 20.3 Å². The van der Waals surface area contributed by atoms with E-state index in [-0.39, 0.29) is 18.5 Å². The van der Waals surface area contributed by atoms with E-state index in [0.29, 0.717) is 25.9 Å². The van der Waals surface area contributed by atoms with Gasteiger partial charge in [0.2, 0.25) is 5.91 Å². The average molecular weight is 1230 g/mol. The van der Waals surface area contributed by atoms with Crippen molar-refractivity contribution in [3.8, 4) is 0 Å². The van der Waals surface area contributed by atoms with Crippen LogP contribution in [0.15, 0.2) is 12.2 Å². The van der Waals surface area contributed by atoms with E-state index in [2.05, 4.69) is 31.3 Å². The second kappa shape index (κ2) is 77.1. The Morgan fingerprint density at radius 1 is 0.310 bits per heavy atom. The van der Waals surface area contributed by atoms with Crippen molar-refractivity contribution in [3.05, 3.63) is 12.2 Å². The van der Waals surface area contributed by atoms with Crippen LogP contribution in [0.5, 0.6) is 0 Å². The fourth-order valence-corrected chi connectivity index (χ4v) is 13.2. The predicted molar refractivity (Wildman–Crippen MR) is 384 cm³/mol. The summed E-state index contributed by atoms with van der Waals surface area (Å²) < 4.78 is 5.51. The van der Waals surface area contributed by atoms with Crippen molar-refractivity contribution in [3.63, 3.8) is 0 Å². The minimum Gasteiger partial charge on any atom is -0.466 e. The summed E-state index contributed by atoms with van der Waals surface area (Å²) in [6.07, 6.45) is 97.4. The number of amides is 1. The Morgan fingerprint density at radius 2 is 0.540 bits per heavy atom. The highest BCUT2D eigenvalue weighted by atomic mass is 16.5. The topological polar surface area (TPSA) is 95.9 Å². The average Bonchev–Trinajstić information content (AvgIpc) is 3.54. The molecule has 2 atom stereocenters. The third-order valence-electron chi connectivity index (χ3n) is 19.3. The molecule has 0 rings (SSSR count). The lowest BCUT2D eigenvalue weighted by Crippen LogP contribution is -2.45. The first kappa shape index (κ1) is 85.6. The van der Waals surface area contributed by atoms with Crippen LogP contribution in [0, 0.1) is 0 Å². The quantitative estimate of drug-likeness (QED) is 0.0320. The third kappa shape index (κ3) is 73.5. The van der Waals surface area contributed by atoms with Crippen LogP contribution >= 0.6 is 0 Å². The third-order valence-corrected chi connectivity index (χ3v) is 19.3. The molecule has 0 saturated carbocycles. The highest BCUT2D eigenvalue weighted by Gasteiger charge is 2.20. The highest BCUT2D eigenvalue weighted by Crippen LogP contribution is 2.20. The van der Waals surface area contributed by atoms with Crippen LogP contribution < -0.4 is 5.32 Å². The van der Waals surface area contributed by atoms with Crippen LogP contribution in [0.2, 0.25) is 0 Å². The monoisotopic (exact) mass is 1230 g/mol. The molecule has 0 bridgehead atoms. The Morgan fingerprint density at radius 3 is 0.816 bits per heavy atom. The maximum Gasteiger partial charge on any atom is 0.305 e. The lowest BCUT2D eigenvalue weighted by Gasteiger charge is -2.22. The summed E-state index contributed by atoms with van der Waals surface area (Å²) in [6, 6.07) is -0.540. The molecule has 0 aliphatic heterocycles. The second-order valence-electron chi connectivity index (χ2n) is 28.1. The van der Waals surface area contributed by atoms with E-state index >= 15 is 0 Å². The first-order valence-corrected chi connectivity index (χ1v) is 40.4. The lowest BCUT2D eigenvalue weighted by molar-refractivity contribution is -0.143. The number of ether oxygens (including phenoxy) is 1. The number of aliphatic hydroxyl groups excluding tert-OH is 2. The molecule has 0 aromatic rings. The van der Waals surface area contributed by atoms with Crippen LogP contribution in [0.1, 0.15) is 470 Å². The van der Waals surface area contributed by atoms with E-state index in [9.17, 15) is 19.8 Å². The number of carbonyl (C=O) groups excluding carboxylic acids is 2. The minimum absolute atomic E-state index is 0.0225. The lowest BCUT2D eigenvalue weighted by atomic mass is 10.0. The van der Waals surface area contributed by atoms with E-state index in [1.165, 1.54) is 398 Å². The van der Waals surface area contributed by atoms with Gasteiger partial charge in [-0.05, 0) is 51.4 Å². The van der Waals surface area contributed by atoms with E-state index < -0.39 is 12.1 Å². The van der Waals surface area contributed by atoms with Gasteiger partial charge in [0.15, 0.2) is 0 Å². The molecule has 0 saturated heterocycles. The van der Waals surface area contributed by atoms with Gasteiger partial charge in [-0.2, -0.15) is 0 Å². The van der Waals surface area contributed by atoms with Gasteiger partial charge >= 0.3 is 5.97 Å². The smallest absolute Gasteiger partial charge is 0.305 e. The van der Waals surface area contributed by atoms with Crippen molar-refractivity contribution in [1.29, 1.82) is 0 Å². The van der Waals surface area contributed by atoms with E-state index in [0.717, 1.165) is 38.5 Å². The van der Waals surface area contributed by atoms with Crippen LogP contribution in [0.3, 0.4) is 0 Å². The van der Waals surface area contributed by atoms with Gasteiger partial charge in [0.05, 0.1) is 25.4 Å². The van der Waals surface area contributed by atoms with E-state index in [1.807, 2.05) is 0 Å². The summed E-state index contributed by atoms with van der Waals surface area (Å²) >= 11 is 0. The fraction of sp³-hybridized carbons (Fsp3) is 0.951. The zero-order valence-electron chi connectivity index (χ0n) is 59.5. The molecular weight excluding hydrogens is 1070 g/mol. The maximum atomic E-state index is 12.6. The SMILES string of the molecule is CCCCCCCCCCCCCCCCCCCCCCCCCC(O)C(CO)NC(=O)CCCCCCCCCCCCCCCCCC/C=C\CCCCCCCCCCCCCCOC(=O)CCCCCCCCCCCCCCCCC. The number of hydrogen-bond acceptors (Lipinski definition) is 5. The number of unbranched alkanes of at least 4 members (excludes halogenated alkanes) is 64. The summed E-state index contributed by atoms with van der Waals surface area (Å²) in [5.74, 6) is -0.00374. The molecule has 0 spiro atoms. The van der Waals surface area contributed by atoms with Gasteiger partial charge in [-0.3, -0.25) is 9.59 Å². The molecular formula is C81H159NO5. The van der Waals surface area contributed by atoms with Gasteiger partial charge in [0.25, 0.3) is 0 Å². The number of rotatable bonds is 77. The summed E-state index contributed by atoms with van der Waals surface area (Å²) in [7, 11) is 0. The zero-order chi connectivity index (χ0) is 62.8. The van der Waals surface area contributed by atoms with Crippen molar-refractivity contribution in [1.82, 2.24) is 5.32 Å². The molecule has 3 N–H and O–H groups in total. The highest BCUT2D eigenvalue weighted by molar-refractivity contribution is 5.76. The van der Waals surface area contributed by atoms with Gasteiger partial charge in [-0.25, -0.2) is 0 Å². The molecule has 6 nitrogen and oxygen atoms in total. The Hall–Kier alpha value is -1.40. The number of nitrogens with one attached hydrogen (secondary N) is 1. The number of esters is 1. The number of carbonyl (C=O) groups is 2. The molecule has 6 heteroatoms. The van der Waals surface area contributed by atoms with E-state index in [1.54, 1.807) is 0 Å². The first-order valence-electron chi connectivity index (χ1n) is 40.4. The number of aliphatic hydroxyl groups is 2. The van der Waals surface area contributed by atoms with Crippen LogP contribution in [-0.2, 0) is 14.3 Å². The van der Waals surface area contributed by atoms with Crippen LogP contribution in [0.25, 0.3) is 0 Å². The Balaban J connectivity index is 3.35. The molecule has 518 valence electrons. The van der Waals surface area contributed by atoms with Crippen molar-refractivity contribution in [2.45, 2.75) is 482 Å². The molecule has 87 heavy (non-hydrogen) atoms. The standard InChI is InChI=1S/C81H159NO5/c1-3-5-7-9-11-13-15-17-19-20-21-22-33-36-39-42-46-49-53-57-61-65-69-73-79(84)78(77-83)82-80(85)74-70-66-62-58-54-50-47-43-40-37-34-31-29-27-25-23-24-26-28-30-32-35-38-41-44-48-52-56-60-64-68-72-76-87-81(86)75-71-67-63-59-55-51-45-18-16-14-12-10-8-6-4-2/h26,28,78-79,83-84H,3-25,27,29-77H2,1-2H3,(H,82,85)/b28-26-. The number of allylic oxidation sites excluding steroid dienone is 2. The molecule has 2 unspecified atom stereocenters. The van der Waals surface area contributed by atoms with Crippen LogP contribution in [-0.4, -0.2) is 47.4 Å². The fourth-order valence-electron chi connectivity index (χ4n) is 13.2. The molecule has 0 radical (unpaired) electrons. The van der Waals surface area contributed by atoms with Crippen LogP contribution in [0.4, 0.5) is 0 Å². The largest absolute Gasteiger partial charge is 0.466 e. The second-order valence-corrected chi connectivity index (χ2v) is 28.1. The summed E-state index contributed by atoms with van der Waals surface area (Å²) in [5, 5.41) is 23.5. The Kier molecular flexibility index (Phi) is 75.8. The van der Waals surface area contributed by atoms with Gasteiger partial charge in [-0.15, -0.1) is 0 Å². The normalized spacial score (nSPS) is 12.5. The Labute approximate surface area is 546 Å². The van der Waals surface area contributed by atoms with Crippen molar-refractivity contribution in [2.24, 2.45) is 0 Å². The van der Waals surface area contributed by atoms with Gasteiger partial charge in [0, 0.05) is 12.8 Å². The summed E-state index contributed by atoms with van der Waals surface area (Å²) in [5.41, 5.74) is 0. The summed E-state index contributed by atoms with van der Waals surface area (Å²) in [4.78, 5) is 24.7. The minimum atomic E-state index is -0.663. The van der Waals surface area contributed by atoms with Crippen molar-refractivity contribution >= 4 is 11.9 Å². The van der Waals surface area contributed by atoms with Gasteiger partial charge in [0.1, 0.15) is 0 Å². The first-order chi connectivity index (χ1) is 43.0. The molecule has 0 aromatic heterocycles. The Bertz CT molecular complexity index is 1320. The van der Waals surface area contributed by atoms with Gasteiger partial charge in [-0.1, -0.05) is 418 Å². The molecule has 1 amide bonds. The molecule has 0 heterocycles. The number of hydrogen-bond donors (Lipinski definition) is 3. The molecule has 0 aliphatic rings. The molecule has 0 aliphatic carbocycles. The van der Waals surface area contributed by atoms with E-state index in [4.69, 9.17) is 4.74 Å². The van der Waals surface area contributed by atoms with Crippen molar-refractivity contribution in [2.75, 3.05) is 13.2 Å². The predicted octanol–water partition coefficient (Wildman–Crippen LogP) is 26.7. The molecule has 0 aromatic carbocycles.